The monoisotopic (exact) mass is 331 g/mol. The van der Waals surface area contributed by atoms with E-state index < -0.39 is 0 Å². The number of hydrogen-bond donors (Lipinski definition) is 1. The highest BCUT2D eigenvalue weighted by molar-refractivity contribution is 7.99. The third-order valence-corrected chi connectivity index (χ3v) is 6.89. The van der Waals surface area contributed by atoms with E-state index in [9.17, 15) is 4.79 Å². The fraction of sp³-hybridized carbons (Fsp3) is 0.650. The number of rotatable bonds is 6. The Morgan fingerprint density at radius 3 is 2.43 bits per heavy atom. The Morgan fingerprint density at radius 1 is 1.04 bits per heavy atom. The maximum atomic E-state index is 12.9. The minimum absolute atomic E-state index is 0.255. The van der Waals surface area contributed by atoms with Crippen molar-refractivity contribution < 1.29 is 4.79 Å². The topological polar surface area (TPSA) is 29.1 Å². The fourth-order valence-electron chi connectivity index (χ4n) is 4.17. The van der Waals surface area contributed by atoms with Crippen molar-refractivity contribution in [1.29, 1.82) is 0 Å². The number of nitrogens with one attached hydrogen (secondary N) is 1. The molecule has 0 aromatic heterocycles. The lowest BCUT2D eigenvalue weighted by Crippen LogP contribution is -2.43. The Hall–Kier alpha value is -0.960. The Balaban J connectivity index is 1.51. The maximum absolute atomic E-state index is 12.9. The molecular weight excluding hydrogens is 302 g/mol. The van der Waals surface area contributed by atoms with Crippen LogP contribution in [0.5, 0.6) is 0 Å². The van der Waals surface area contributed by atoms with Crippen molar-refractivity contribution in [3.8, 4) is 0 Å². The Bertz CT molecular complexity index is 490. The van der Waals surface area contributed by atoms with Gasteiger partial charge < -0.3 is 5.32 Å². The van der Waals surface area contributed by atoms with Gasteiger partial charge in [-0.2, -0.15) is 11.8 Å². The highest BCUT2D eigenvalue weighted by Gasteiger charge is 2.42. The first-order chi connectivity index (χ1) is 11.3. The smallest absolute Gasteiger partial charge is 0.230 e. The zero-order valence-electron chi connectivity index (χ0n) is 14.1. The molecule has 2 fully saturated rings. The number of thioether (sulfide) groups is 1. The molecule has 1 N–H and O–H groups in total. The van der Waals surface area contributed by atoms with Crippen molar-refractivity contribution in [2.75, 3.05) is 12.3 Å². The Labute approximate surface area is 144 Å². The van der Waals surface area contributed by atoms with Gasteiger partial charge >= 0.3 is 0 Å². The molecule has 0 heterocycles. The van der Waals surface area contributed by atoms with E-state index in [-0.39, 0.29) is 11.3 Å². The van der Waals surface area contributed by atoms with Crippen LogP contribution in [0.25, 0.3) is 0 Å². The van der Waals surface area contributed by atoms with Crippen LogP contribution in [0.1, 0.15) is 63.4 Å². The molecule has 2 nitrogen and oxygen atoms in total. The van der Waals surface area contributed by atoms with Gasteiger partial charge in [-0.05, 0) is 31.2 Å². The third-order valence-electron chi connectivity index (χ3n) is 5.51. The van der Waals surface area contributed by atoms with Gasteiger partial charge in [0.2, 0.25) is 5.91 Å². The van der Waals surface area contributed by atoms with E-state index >= 15 is 0 Å². The van der Waals surface area contributed by atoms with Crippen molar-refractivity contribution in [2.45, 2.75) is 68.5 Å². The average molecular weight is 332 g/mol. The molecule has 3 heteroatoms. The van der Waals surface area contributed by atoms with Gasteiger partial charge in [-0.1, -0.05) is 62.4 Å². The van der Waals surface area contributed by atoms with E-state index in [2.05, 4.69) is 41.3 Å². The van der Waals surface area contributed by atoms with Gasteiger partial charge in [0.05, 0.1) is 5.41 Å². The summed E-state index contributed by atoms with van der Waals surface area (Å²) >= 11 is 2.06. The van der Waals surface area contributed by atoms with Crippen molar-refractivity contribution in [3.63, 3.8) is 0 Å². The highest BCUT2D eigenvalue weighted by Crippen LogP contribution is 2.41. The second-order valence-corrected chi connectivity index (χ2v) is 8.45. The van der Waals surface area contributed by atoms with Crippen LogP contribution < -0.4 is 5.32 Å². The van der Waals surface area contributed by atoms with E-state index in [0.717, 1.165) is 30.4 Å². The molecule has 0 bridgehead atoms. The summed E-state index contributed by atoms with van der Waals surface area (Å²) in [7, 11) is 0. The summed E-state index contributed by atoms with van der Waals surface area (Å²) in [6.07, 6.45) is 11.3. The lowest BCUT2D eigenvalue weighted by molar-refractivity contribution is -0.126. The van der Waals surface area contributed by atoms with Gasteiger partial charge in [-0.15, -0.1) is 0 Å². The van der Waals surface area contributed by atoms with E-state index in [0.29, 0.717) is 0 Å². The zero-order chi connectivity index (χ0) is 16.0. The van der Waals surface area contributed by atoms with Gasteiger partial charge in [0.25, 0.3) is 0 Å². The number of benzene rings is 1. The molecule has 2 aliphatic rings. The number of hydrogen-bond acceptors (Lipinski definition) is 2. The zero-order valence-corrected chi connectivity index (χ0v) is 14.9. The molecule has 23 heavy (non-hydrogen) atoms. The summed E-state index contributed by atoms with van der Waals surface area (Å²) in [5.74, 6) is 1.31. The van der Waals surface area contributed by atoms with Crippen molar-refractivity contribution in [1.82, 2.24) is 5.32 Å². The SMILES string of the molecule is O=C(NCCSC1CCCCC1)C1(c2ccccc2)CCCC1. The van der Waals surface area contributed by atoms with Gasteiger partial charge in [0.15, 0.2) is 0 Å². The first-order valence-corrected chi connectivity index (χ1v) is 10.3. The average Bonchev–Trinajstić information content (AvgIpc) is 3.11. The second kappa shape index (κ2) is 8.23. The fourth-order valence-corrected chi connectivity index (χ4v) is 5.39. The molecule has 0 aliphatic heterocycles. The summed E-state index contributed by atoms with van der Waals surface area (Å²) in [6.45, 7) is 0.814. The molecule has 3 rings (SSSR count). The van der Waals surface area contributed by atoms with Crippen LogP contribution in [-0.4, -0.2) is 23.5 Å². The first-order valence-electron chi connectivity index (χ1n) is 9.27. The quantitative estimate of drug-likeness (QED) is 0.767. The predicted octanol–water partition coefficient (Wildman–Crippen LogP) is 4.68. The second-order valence-electron chi connectivity index (χ2n) is 7.04. The van der Waals surface area contributed by atoms with Crippen LogP contribution >= 0.6 is 11.8 Å². The van der Waals surface area contributed by atoms with Crippen LogP contribution in [0.2, 0.25) is 0 Å². The lowest BCUT2D eigenvalue weighted by Gasteiger charge is -2.28. The minimum Gasteiger partial charge on any atom is -0.355 e. The third kappa shape index (κ3) is 4.12. The maximum Gasteiger partial charge on any atom is 0.230 e. The molecule has 0 radical (unpaired) electrons. The lowest BCUT2D eigenvalue weighted by atomic mass is 9.78. The first kappa shape index (κ1) is 16.9. The normalized spacial score (nSPS) is 21.2. The Kier molecular flexibility index (Phi) is 6.04. The van der Waals surface area contributed by atoms with E-state index in [1.807, 2.05) is 6.07 Å². The van der Waals surface area contributed by atoms with Gasteiger partial charge in [0, 0.05) is 17.5 Å². The van der Waals surface area contributed by atoms with Crippen LogP contribution in [0, 0.1) is 0 Å². The highest BCUT2D eigenvalue weighted by atomic mass is 32.2. The van der Waals surface area contributed by atoms with Gasteiger partial charge in [-0.3, -0.25) is 4.79 Å². The molecular formula is C20H29NOS. The van der Waals surface area contributed by atoms with Crippen molar-refractivity contribution in [2.24, 2.45) is 0 Å². The van der Waals surface area contributed by atoms with E-state index in [1.54, 1.807) is 0 Å². The predicted molar refractivity (Wildman–Crippen MR) is 98.9 cm³/mol. The number of carbonyl (C=O) groups is 1. The molecule has 0 spiro atoms. The summed E-state index contributed by atoms with van der Waals surface area (Å²) in [5.41, 5.74) is 0.937. The summed E-state index contributed by atoms with van der Waals surface area (Å²) in [4.78, 5) is 12.9. The summed E-state index contributed by atoms with van der Waals surface area (Å²) < 4.78 is 0. The standard InChI is InChI=1S/C20H29NOS/c22-19(21-15-16-23-18-11-5-2-6-12-18)20(13-7-8-14-20)17-9-3-1-4-10-17/h1,3-4,9-10,18H,2,5-8,11-16H2,(H,21,22). The van der Waals surface area contributed by atoms with Gasteiger partial charge in [-0.25, -0.2) is 0 Å². The molecule has 0 saturated heterocycles. The van der Waals surface area contributed by atoms with Crippen molar-refractivity contribution >= 4 is 17.7 Å². The molecule has 2 saturated carbocycles. The molecule has 1 aromatic rings. The van der Waals surface area contributed by atoms with Crippen LogP contribution in [0.3, 0.4) is 0 Å². The molecule has 126 valence electrons. The summed E-state index contributed by atoms with van der Waals surface area (Å²) in [5, 5.41) is 4.07. The summed E-state index contributed by atoms with van der Waals surface area (Å²) in [6, 6.07) is 10.4. The van der Waals surface area contributed by atoms with Crippen LogP contribution in [0.4, 0.5) is 0 Å². The largest absolute Gasteiger partial charge is 0.355 e. The Morgan fingerprint density at radius 2 is 1.74 bits per heavy atom. The van der Waals surface area contributed by atoms with E-state index in [4.69, 9.17) is 0 Å². The molecule has 0 unspecified atom stereocenters. The minimum atomic E-state index is -0.267. The molecule has 2 aliphatic carbocycles. The number of amides is 1. The van der Waals surface area contributed by atoms with E-state index in [1.165, 1.54) is 50.5 Å². The van der Waals surface area contributed by atoms with Crippen LogP contribution in [0.15, 0.2) is 30.3 Å². The molecule has 0 atom stereocenters. The van der Waals surface area contributed by atoms with Gasteiger partial charge in [0.1, 0.15) is 0 Å². The van der Waals surface area contributed by atoms with Crippen molar-refractivity contribution in [3.05, 3.63) is 35.9 Å². The molecule has 1 amide bonds. The molecule has 1 aromatic carbocycles. The number of carbonyl (C=O) groups excluding carboxylic acids is 1. The van der Waals surface area contributed by atoms with Crippen LogP contribution in [-0.2, 0) is 10.2 Å².